The van der Waals surface area contributed by atoms with Crippen LogP contribution in [0.5, 0.6) is 0 Å². The van der Waals surface area contributed by atoms with Crippen LogP contribution in [0.25, 0.3) is 0 Å². The van der Waals surface area contributed by atoms with E-state index in [4.69, 9.17) is 10.00 Å². The lowest BCUT2D eigenvalue weighted by atomic mass is 10.1. The molecule has 2 amide bonds. The van der Waals surface area contributed by atoms with Crippen LogP contribution in [0.1, 0.15) is 23.1 Å². The van der Waals surface area contributed by atoms with Crippen LogP contribution in [0.2, 0.25) is 0 Å². The Hall–Kier alpha value is -3.35. The SMILES string of the molecule is CN(C)CCCOC(=O)Nc1cccc(CN2N=C(c3cccc(C#N)c3)CSC2=O)c1. The molecule has 9 heteroatoms. The maximum absolute atomic E-state index is 12.4. The van der Waals surface area contributed by atoms with E-state index in [1.54, 1.807) is 36.4 Å². The van der Waals surface area contributed by atoms with Gasteiger partial charge in [0.25, 0.3) is 0 Å². The van der Waals surface area contributed by atoms with Crippen molar-refractivity contribution >= 4 is 34.5 Å². The molecule has 2 aromatic rings. The van der Waals surface area contributed by atoms with E-state index in [0.717, 1.165) is 29.8 Å². The van der Waals surface area contributed by atoms with Crippen molar-refractivity contribution in [3.63, 3.8) is 0 Å². The number of nitrogens with zero attached hydrogens (tertiary/aromatic N) is 4. The molecule has 166 valence electrons. The minimum absolute atomic E-state index is 0.149. The summed E-state index contributed by atoms with van der Waals surface area (Å²) in [5.74, 6) is 0.450. The van der Waals surface area contributed by atoms with Crippen LogP contribution in [0.15, 0.2) is 53.6 Å². The van der Waals surface area contributed by atoms with Gasteiger partial charge in [-0.2, -0.15) is 10.4 Å². The Balaban J connectivity index is 1.64. The van der Waals surface area contributed by atoms with Crippen molar-refractivity contribution in [2.24, 2.45) is 5.10 Å². The maximum Gasteiger partial charge on any atom is 0.411 e. The van der Waals surface area contributed by atoms with Crippen LogP contribution in [0, 0.1) is 11.3 Å². The second-order valence-corrected chi connectivity index (χ2v) is 8.40. The fraction of sp³-hybridized carbons (Fsp3) is 0.304. The fourth-order valence-electron chi connectivity index (χ4n) is 3.05. The summed E-state index contributed by atoms with van der Waals surface area (Å²) in [5, 5.41) is 17.6. The summed E-state index contributed by atoms with van der Waals surface area (Å²) in [5.41, 5.74) is 3.51. The predicted molar refractivity (Wildman–Crippen MR) is 126 cm³/mol. The minimum Gasteiger partial charge on any atom is -0.449 e. The molecule has 0 bridgehead atoms. The number of ether oxygens (including phenoxy) is 1. The largest absolute Gasteiger partial charge is 0.449 e. The third kappa shape index (κ3) is 6.83. The Morgan fingerprint density at radius 3 is 2.88 bits per heavy atom. The first-order chi connectivity index (χ1) is 15.4. The lowest BCUT2D eigenvalue weighted by Crippen LogP contribution is -2.29. The van der Waals surface area contributed by atoms with Crippen LogP contribution in [0.4, 0.5) is 15.3 Å². The molecule has 0 saturated heterocycles. The van der Waals surface area contributed by atoms with E-state index in [9.17, 15) is 9.59 Å². The number of carbonyl (C=O) groups is 2. The molecule has 0 unspecified atom stereocenters. The highest BCUT2D eigenvalue weighted by atomic mass is 32.2. The van der Waals surface area contributed by atoms with Crippen LogP contribution < -0.4 is 5.32 Å². The average Bonchev–Trinajstić information content (AvgIpc) is 2.78. The number of nitriles is 1. The summed E-state index contributed by atoms with van der Waals surface area (Å²) in [4.78, 5) is 26.4. The third-order valence-electron chi connectivity index (χ3n) is 4.60. The Morgan fingerprint density at radius 2 is 2.09 bits per heavy atom. The van der Waals surface area contributed by atoms with Crippen LogP contribution >= 0.6 is 11.8 Å². The number of amides is 2. The highest BCUT2D eigenvalue weighted by molar-refractivity contribution is 8.14. The molecular formula is C23H25N5O3S. The van der Waals surface area contributed by atoms with Gasteiger partial charge in [-0.3, -0.25) is 10.1 Å². The van der Waals surface area contributed by atoms with Gasteiger partial charge in [0.15, 0.2) is 0 Å². The zero-order chi connectivity index (χ0) is 22.9. The molecule has 3 rings (SSSR count). The van der Waals surface area contributed by atoms with Gasteiger partial charge < -0.3 is 9.64 Å². The first-order valence-electron chi connectivity index (χ1n) is 10.1. The fourth-order valence-corrected chi connectivity index (χ4v) is 3.79. The van der Waals surface area contributed by atoms with E-state index >= 15 is 0 Å². The summed E-state index contributed by atoms with van der Waals surface area (Å²) in [7, 11) is 3.93. The van der Waals surface area contributed by atoms with Gasteiger partial charge >= 0.3 is 11.3 Å². The van der Waals surface area contributed by atoms with Crippen molar-refractivity contribution in [2.45, 2.75) is 13.0 Å². The molecule has 2 aromatic carbocycles. The van der Waals surface area contributed by atoms with Crippen molar-refractivity contribution in [3.8, 4) is 6.07 Å². The molecule has 8 nitrogen and oxygen atoms in total. The van der Waals surface area contributed by atoms with Gasteiger partial charge in [-0.1, -0.05) is 36.0 Å². The van der Waals surface area contributed by atoms with Gasteiger partial charge in [0.05, 0.1) is 30.5 Å². The smallest absolute Gasteiger partial charge is 0.411 e. The van der Waals surface area contributed by atoms with Gasteiger partial charge in [-0.05, 0) is 55.9 Å². The topological polar surface area (TPSA) is 98.0 Å². The molecule has 1 heterocycles. The second kappa shape index (κ2) is 11.3. The highest BCUT2D eigenvalue weighted by Gasteiger charge is 2.22. The highest BCUT2D eigenvalue weighted by Crippen LogP contribution is 2.23. The Kier molecular flexibility index (Phi) is 8.25. The van der Waals surface area contributed by atoms with Crippen molar-refractivity contribution in [1.82, 2.24) is 9.91 Å². The molecular weight excluding hydrogens is 426 g/mol. The summed E-state index contributed by atoms with van der Waals surface area (Å²) < 4.78 is 5.20. The molecule has 0 saturated carbocycles. The molecule has 1 aliphatic heterocycles. The van der Waals surface area contributed by atoms with Gasteiger partial charge in [0.1, 0.15) is 0 Å². The molecule has 32 heavy (non-hydrogen) atoms. The molecule has 0 atom stereocenters. The minimum atomic E-state index is -0.511. The number of rotatable bonds is 8. The van der Waals surface area contributed by atoms with E-state index in [0.29, 0.717) is 23.6 Å². The van der Waals surface area contributed by atoms with Crippen LogP contribution in [-0.4, -0.2) is 60.0 Å². The van der Waals surface area contributed by atoms with Crippen LogP contribution in [0.3, 0.4) is 0 Å². The number of thioether (sulfide) groups is 1. The lowest BCUT2D eigenvalue weighted by Gasteiger charge is -2.23. The Morgan fingerprint density at radius 1 is 1.28 bits per heavy atom. The van der Waals surface area contributed by atoms with E-state index < -0.39 is 6.09 Å². The first-order valence-corrected chi connectivity index (χ1v) is 11.1. The molecule has 0 spiro atoms. The molecule has 0 fully saturated rings. The summed E-state index contributed by atoms with van der Waals surface area (Å²) in [6.45, 7) is 1.45. The van der Waals surface area contributed by atoms with Crippen molar-refractivity contribution in [1.29, 1.82) is 5.26 Å². The summed E-state index contributed by atoms with van der Waals surface area (Å²) in [6.07, 6.45) is 0.246. The van der Waals surface area contributed by atoms with E-state index in [2.05, 4.69) is 16.5 Å². The van der Waals surface area contributed by atoms with E-state index in [1.807, 2.05) is 31.1 Å². The van der Waals surface area contributed by atoms with Gasteiger partial charge in [0.2, 0.25) is 0 Å². The number of benzene rings is 2. The van der Waals surface area contributed by atoms with Crippen LogP contribution in [-0.2, 0) is 11.3 Å². The van der Waals surface area contributed by atoms with Gasteiger partial charge in [-0.25, -0.2) is 9.80 Å². The van der Waals surface area contributed by atoms with Crippen molar-refractivity contribution in [3.05, 3.63) is 65.2 Å². The lowest BCUT2D eigenvalue weighted by molar-refractivity contribution is 0.156. The summed E-state index contributed by atoms with van der Waals surface area (Å²) in [6, 6.07) is 16.5. The quantitative estimate of drug-likeness (QED) is 0.606. The van der Waals surface area contributed by atoms with E-state index in [-0.39, 0.29) is 11.8 Å². The molecule has 1 aliphatic rings. The monoisotopic (exact) mass is 451 g/mol. The molecule has 0 aromatic heterocycles. The molecule has 1 N–H and O–H groups in total. The number of anilines is 1. The van der Waals surface area contributed by atoms with Gasteiger partial charge in [0, 0.05) is 18.0 Å². The number of nitrogens with one attached hydrogen (secondary N) is 1. The maximum atomic E-state index is 12.4. The number of hydrogen-bond acceptors (Lipinski definition) is 7. The normalized spacial score (nSPS) is 13.5. The number of hydrazone groups is 1. The third-order valence-corrected chi connectivity index (χ3v) is 5.47. The van der Waals surface area contributed by atoms with Crippen molar-refractivity contribution < 1.29 is 14.3 Å². The van der Waals surface area contributed by atoms with Gasteiger partial charge in [-0.15, -0.1) is 0 Å². The number of hydrogen-bond donors (Lipinski definition) is 1. The number of carbonyl (C=O) groups excluding carboxylic acids is 2. The zero-order valence-corrected chi connectivity index (χ0v) is 18.9. The first kappa shape index (κ1) is 23.3. The van der Waals surface area contributed by atoms with E-state index in [1.165, 1.54) is 16.8 Å². The second-order valence-electron chi connectivity index (χ2n) is 7.47. The summed E-state index contributed by atoms with van der Waals surface area (Å²) >= 11 is 1.17. The molecule has 0 radical (unpaired) electrons. The molecule has 0 aliphatic carbocycles. The standard InChI is InChI=1S/C23H25N5O3S/c1-27(2)10-5-11-31-22(29)25-20-9-4-7-18(13-20)15-28-23(30)32-16-21(26-28)19-8-3-6-17(12-19)14-24/h3-4,6-9,12-13H,5,10-11,15-16H2,1-2H3,(H,25,29). The van der Waals surface area contributed by atoms with Crippen molar-refractivity contribution in [2.75, 3.05) is 38.3 Å². The zero-order valence-electron chi connectivity index (χ0n) is 18.1. The average molecular weight is 452 g/mol. The predicted octanol–water partition coefficient (Wildman–Crippen LogP) is 4.13. The Bertz CT molecular complexity index is 1050. The Labute approximate surface area is 191 Å².